The number of nitrogens with one attached hydrogen (secondary N) is 2. The molecule has 8 heteroatoms. The lowest BCUT2D eigenvalue weighted by atomic mass is 10.2. The summed E-state index contributed by atoms with van der Waals surface area (Å²) in [5.74, 6) is -1.67. The summed E-state index contributed by atoms with van der Waals surface area (Å²) < 4.78 is 23.4. The van der Waals surface area contributed by atoms with Crippen molar-refractivity contribution in [2.24, 2.45) is 0 Å². The minimum Gasteiger partial charge on any atom is -0.494 e. The van der Waals surface area contributed by atoms with Crippen LogP contribution >= 0.6 is 0 Å². The highest BCUT2D eigenvalue weighted by molar-refractivity contribution is 5.96. The van der Waals surface area contributed by atoms with Gasteiger partial charge in [0.1, 0.15) is 18.1 Å². The zero-order chi connectivity index (χ0) is 21.1. The van der Waals surface area contributed by atoms with Gasteiger partial charge < -0.3 is 20.1 Å². The van der Waals surface area contributed by atoms with E-state index in [2.05, 4.69) is 17.6 Å². The Kier molecular flexibility index (Phi) is 8.62. The maximum absolute atomic E-state index is 13.1. The molecule has 2 N–H and O–H groups in total. The third-order valence-electron chi connectivity index (χ3n) is 3.75. The molecular formula is C21H23FN2O5. The summed E-state index contributed by atoms with van der Waals surface area (Å²) in [6.07, 6.45) is 1.98. The fourth-order valence-electron chi connectivity index (χ4n) is 2.25. The number of benzene rings is 2. The molecule has 0 fully saturated rings. The van der Waals surface area contributed by atoms with Crippen LogP contribution in [0.15, 0.2) is 48.5 Å². The van der Waals surface area contributed by atoms with Crippen molar-refractivity contribution in [3.63, 3.8) is 0 Å². The second-order valence-corrected chi connectivity index (χ2v) is 6.13. The summed E-state index contributed by atoms with van der Waals surface area (Å²) in [6.45, 7) is 1.75. The molecule has 7 nitrogen and oxygen atoms in total. The van der Waals surface area contributed by atoms with Gasteiger partial charge in [0.15, 0.2) is 6.61 Å². The number of unbranched alkanes of at least 4 members (excludes halogenated alkanes) is 1. The third kappa shape index (κ3) is 8.00. The molecule has 0 aliphatic carbocycles. The molecule has 0 aliphatic rings. The fraction of sp³-hybridized carbons (Fsp3) is 0.286. The van der Waals surface area contributed by atoms with Crippen molar-refractivity contribution in [2.75, 3.05) is 25.1 Å². The van der Waals surface area contributed by atoms with Gasteiger partial charge in [-0.1, -0.05) is 19.4 Å². The largest absolute Gasteiger partial charge is 0.494 e. The summed E-state index contributed by atoms with van der Waals surface area (Å²) >= 11 is 0. The molecule has 0 unspecified atom stereocenters. The fourth-order valence-corrected chi connectivity index (χ4v) is 2.25. The molecule has 2 rings (SSSR count). The summed E-state index contributed by atoms with van der Waals surface area (Å²) in [4.78, 5) is 35.5. The van der Waals surface area contributed by atoms with Gasteiger partial charge in [0.2, 0.25) is 0 Å². The quantitative estimate of drug-likeness (QED) is 0.471. The van der Waals surface area contributed by atoms with E-state index in [-0.39, 0.29) is 12.2 Å². The number of carbonyl (C=O) groups is 3. The van der Waals surface area contributed by atoms with Crippen LogP contribution in [0.2, 0.25) is 0 Å². The van der Waals surface area contributed by atoms with Gasteiger partial charge in [-0.15, -0.1) is 0 Å². The van der Waals surface area contributed by atoms with Crippen LogP contribution in [0, 0.1) is 5.82 Å². The van der Waals surface area contributed by atoms with Gasteiger partial charge in [-0.3, -0.25) is 14.4 Å². The Morgan fingerprint density at radius 2 is 1.83 bits per heavy atom. The van der Waals surface area contributed by atoms with Crippen LogP contribution in [0.1, 0.15) is 30.1 Å². The van der Waals surface area contributed by atoms with Crippen molar-refractivity contribution in [3.8, 4) is 5.75 Å². The highest BCUT2D eigenvalue weighted by Gasteiger charge is 2.11. The normalized spacial score (nSPS) is 10.1. The number of hydrogen-bond donors (Lipinski definition) is 2. The highest BCUT2D eigenvalue weighted by Crippen LogP contribution is 2.12. The maximum Gasteiger partial charge on any atom is 0.325 e. The number of anilines is 1. The predicted octanol–water partition coefficient (Wildman–Crippen LogP) is 2.92. The number of carbonyl (C=O) groups excluding carboxylic acids is 3. The zero-order valence-electron chi connectivity index (χ0n) is 16.1. The van der Waals surface area contributed by atoms with Crippen molar-refractivity contribution in [2.45, 2.75) is 19.8 Å². The van der Waals surface area contributed by atoms with Gasteiger partial charge in [-0.25, -0.2) is 4.39 Å². The first kappa shape index (κ1) is 21.9. The second-order valence-electron chi connectivity index (χ2n) is 6.13. The Balaban J connectivity index is 1.70. The van der Waals surface area contributed by atoms with Crippen molar-refractivity contribution < 1.29 is 28.2 Å². The Morgan fingerprint density at radius 3 is 2.52 bits per heavy atom. The molecule has 154 valence electrons. The standard InChI is InChI=1S/C21H23FN2O5/c1-2-3-11-28-18-9-7-15(8-10-18)21(27)23-13-20(26)29-14-19(25)24-17-6-4-5-16(22)12-17/h4-10,12H,2-3,11,13-14H2,1H3,(H,23,27)(H,24,25). The smallest absolute Gasteiger partial charge is 0.325 e. The minimum atomic E-state index is -0.771. The number of esters is 1. The van der Waals surface area contributed by atoms with Crippen LogP contribution in [0.3, 0.4) is 0 Å². The molecule has 0 saturated heterocycles. The third-order valence-corrected chi connectivity index (χ3v) is 3.75. The van der Waals surface area contributed by atoms with E-state index in [1.54, 1.807) is 24.3 Å². The lowest BCUT2D eigenvalue weighted by Gasteiger charge is -2.08. The molecule has 0 aromatic heterocycles. The maximum atomic E-state index is 13.1. The van der Waals surface area contributed by atoms with Gasteiger partial charge in [-0.05, 0) is 48.9 Å². The molecule has 0 atom stereocenters. The Labute approximate surface area is 168 Å². The molecule has 2 aromatic rings. The van der Waals surface area contributed by atoms with Crippen molar-refractivity contribution in [1.29, 1.82) is 0 Å². The molecule has 0 heterocycles. The van der Waals surface area contributed by atoms with Crippen LogP contribution in [-0.2, 0) is 14.3 Å². The molecule has 2 amide bonds. The molecule has 0 radical (unpaired) electrons. The van der Waals surface area contributed by atoms with E-state index in [0.29, 0.717) is 17.9 Å². The first-order valence-electron chi connectivity index (χ1n) is 9.20. The van der Waals surface area contributed by atoms with Crippen LogP contribution in [-0.4, -0.2) is 37.5 Å². The monoisotopic (exact) mass is 402 g/mol. The van der Waals surface area contributed by atoms with Gasteiger partial charge in [0.05, 0.1) is 6.61 Å². The number of halogens is 1. The van der Waals surface area contributed by atoms with Crippen molar-refractivity contribution >= 4 is 23.5 Å². The molecule has 0 aliphatic heterocycles. The summed E-state index contributed by atoms with van der Waals surface area (Å²) in [5, 5.41) is 4.81. The van der Waals surface area contributed by atoms with E-state index < -0.39 is 30.2 Å². The summed E-state index contributed by atoms with van der Waals surface area (Å²) in [7, 11) is 0. The van der Waals surface area contributed by atoms with E-state index in [1.165, 1.54) is 18.2 Å². The Bertz CT molecular complexity index is 839. The van der Waals surface area contributed by atoms with Crippen LogP contribution in [0.4, 0.5) is 10.1 Å². The average molecular weight is 402 g/mol. The first-order chi connectivity index (χ1) is 14.0. The minimum absolute atomic E-state index is 0.251. The highest BCUT2D eigenvalue weighted by atomic mass is 19.1. The first-order valence-corrected chi connectivity index (χ1v) is 9.20. The molecule has 0 bridgehead atoms. The Hall–Kier alpha value is -3.42. The molecule has 0 spiro atoms. The van der Waals surface area contributed by atoms with Crippen molar-refractivity contribution in [3.05, 3.63) is 59.9 Å². The van der Waals surface area contributed by atoms with E-state index in [4.69, 9.17) is 9.47 Å². The predicted molar refractivity (Wildman–Crippen MR) is 105 cm³/mol. The average Bonchev–Trinajstić information content (AvgIpc) is 2.71. The number of amides is 2. The van der Waals surface area contributed by atoms with Gasteiger partial charge in [0.25, 0.3) is 11.8 Å². The van der Waals surface area contributed by atoms with Crippen molar-refractivity contribution in [1.82, 2.24) is 5.32 Å². The van der Waals surface area contributed by atoms with Gasteiger partial charge >= 0.3 is 5.97 Å². The molecule has 2 aromatic carbocycles. The SMILES string of the molecule is CCCCOc1ccc(C(=O)NCC(=O)OCC(=O)Nc2cccc(F)c2)cc1. The number of hydrogen-bond acceptors (Lipinski definition) is 5. The van der Waals surface area contributed by atoms with Crippen LogP contribution in [0.5, 0.6) is 5.75 Å². The summed E-state index contributed by atoms with van der Waals surface area (Å²) in [6, 6.07) is 11.9. The van der Waals surface area contributed by atoms with E-state index in [1.807, 2.05) is 0 Å². The number of ether oxygens (including phenoxy) is 2. The van der Waals surface area contributed by atoms with E-state index in [9.17, 15) is 18.8 Å². The lowest BCUT2D eigenvalue weighted by molar-refractivity contribution is -0.146. The topological polar surface area (TPSA) is 93.7 Å². The lowest BCUT2D eigenvalue weighted by Crippen LogP contribution is -2.32. The van der Waals surface area contributed by atoms with E-state index >= 15 is 0 Å². The second kappa shape index (κ2) is 11.4. The van der Waals surface area contributed by atoms with Gasteiger partial charge in [0, 0.05) is 11.3 Å². The van der Waals surface area contributed by atoms with Crippen LogP contribution < -0.4 is 15.4 Å². The molecular weight excluding hydrogens is 379 g/mol. The number of rotatable bonds is 10. The molecule has 29 heavy (non-hydrogen) atoms. The van der Waals surface area contributed by atoms with E-state index in [0.717, 1.165) is 18.9 Å². The van der Waals surface area contributed by atoms with Crippen LogP contribution in [0.25, 0.3) is 0 Å². The Morgan fingerprint density at radius 1 is 1.07 bits per heavy atom. The zero-order valence-corrected chi connectivity index (χ0v) is 16.1. The van der Waals surface area contributed by atoms with Gasteiger partial charge in [-0.2, -0.15) is 0 Å². The molecule has 0 saturated carbocycles. The summed E-state index contributed by atoms with van der Waals surface area (Å²) in [5.41, 5.74) is 0.617.